The Kier molecular flexibility index (Phi) is 7.33. The van der Waals surface area contributed by atoms with E-state index in [1.807, 2.05) is 0 Å². The number of nitrogens with one attached hydrogen (secondary N) is 1. The fourth-order valence-electron chi connectivity index (χ4n) is 0.932. The summed E-state index contributed by atoms with van der Waals surface area (Å²) in [6, 6.07) is 0. The maximum atomic E-state index is 5.75. The maximum Gasteiger partial charge on any atom is 0.185 e. The molecule has 1 atom stereocenters. The molecule has 0 aliphatic rings. The van der Waals surface area contributed by atoms with Gasteiger partial charge in [-0.2, -0.15) is 0 Å². The molecular formula is C8H19N5. The van der Waals surface area contributed by atoms with E-state index in [-0.39, 0.29) is 11.9 Å². The Morgan fingerprint density at radius 1 is 1.46 bits per heavy atom. The van der Waals surface area contributed by atoms with Crippen molar-refractivity contribution in [1.82, 2.24) is 5.32 Å². The first-order chi connectivity index (χ1) is 6.16. The molecule has 0 aliphatic heterocycles. The van der Waals surface area contributed by atoms with Crippen LogP contribution in [0.25, 0.3) is 0 Å². The SMILES string of the molecule is [CH]C(CCCN=C(N)N)CNCN. The standard InChI is InChI=1S/C8H19N5/c1-7(5-12-6-9)3-2-4-13-8(10)11/h1,7,12H,2-6,9H2,(H4,10,11,13). The molecule has 0 bridgehead atoms. The zero-order valence-electron chi connectivity index (χ0n) is 7.87. The normalized spacial score (nSPS) is 12.5. The number of hydrogen-bond acceptors (Lipinski definition) is 3. The summed E-state index contributed by atoms with van der Waals surface area (Å²) in [6.45, 7) is 7.58. The number of nitrogens with two attached hydrogens (primary N) is 3. The van der Waals surface area contributed by atoms with Crippen LogP contribution in [0, 0.1) is 12.8 Å². The van der Waals surface area contributed by atoms with Crippen LogP contribution in [0.1, 0.15) is 12.8 Å². The van der Waals surface area contributed by atoms with Crippen molar-refractivity contribution in [1.29, 1.82) is 0 Å². The van der Waals surface area contributed by atoms with E-state index in [1.165, 1.54) is 0 Å². The Labute approximate surface area is 79.8 Å². The van der Waals surface area contributed by atoms with Crippen LogP contribution in [-0.4, -0.2) is 25.7 Å². The molecule has 76 valence electrons. The highest BCUT2D eigenvalue weighted by Gasteiger charge is 2.00. The van der Waals surface area contributed by atoms with Gasteiger partial charge in [-0.25, -0.2) is 0 Å². The molecule has 0 spiro atoms. The first kappa shape index (κ1) is 12.2. The smallest absolute Gasteiger partial charge is 0.185 e. The van der Waals surface area contributed by atoms with Crippen molar-refractivity contribution in [2.24, 2.45) is 28.1 Å². The van der Waals surface area contributed by atoms with E-state index in [0.29, 0.717) is 13.2 Å². The molecule has 0 fully saturated rings. The molecule has 1 unspecified atom stereocenters. The van der Waals surface area contributed by atoms with Gasteiger partial charge in [-0.05, 0) is 32.2 Å². The van der Waals surface area contributed by atoms with Gasteiger partial charge in [0.05, 0.1) is 0 Å². The number of rotatable bonds is 7. The third-order valence-electron chi connectivity index (χ3n) is 1.58. The van der Waals surface area contributed by atoms with Gasteiger partial charge in [0.15, 0.2) is 5.96 Å². The van der Waals surface area contributed by atoms with E-state index >= 15 is 0 Å². The van der Waals surface area contributed by atoms with E-state index in [2.05, 4.69) is 10.3 Å². The average Bonchev–Trinajstić information content (AvgIpc) is 2.08. The minimum absolute atomic E-state index is 0.123. The summed E-state index contributed by atoms with van der Waals surface area (Å²) in [7, 11) is 0. The first-order valence-corrected chi connectivity index (χ1v) is 4.38. The van der Waals surface area contributed by atoms with Crippen molar-refractivity contribution in [2.45, 2.75) is 12.8 Å². The average molecular weight is 185 g/mol. The molecule has 5 heteroatoms. The number of hydrogen-bond donors (Lipinski definition) is 4. The molecule has 0 aromatic heterocycles. The second kappa shape index (κ2) is 7.82. The number of guanidine groups is 1. The van der Waals surface area contributed by atoms with Gasteiger partial charge < -0.3 is 22.5 Å². The predicted octanol–water partition coefficient (Wildman–Crippen LogP) is -1.13. The van der Waals surface area contributed by atoms with Crippen molar-refractivity contribution in [3.8, 4) is 0 Å². The lowest BCUT2D eigenvalue weighted by molar-refractivity contribution is 0.513. The highest BCUT2D eigenvalue weighted by molar-refractivity contribution is 5.75. The van der Waals surface area contributed by atoms with E-state index in [9.17, 15) is 0 Å². The zero-order valence-corrected chi connectivity index (χ0v) is 7.87. The van der Waals surface area contributed by atoms with Crippen LogP contribution in [0.15, 0.2) is 4.99 Å². The second-order valence-corrected chi connectivity index (χ2v) is 2.87. The zero-order chi connectivity index (χ0) is 10.1. The lowest BCUT2D eigenvalue weighted by Gasteiger charge is -2.09. The van der Waals surface area contributed by atoms with Crippen molar-refractivity contribution < 1.29 is 0 Å². The molecule has 0 aliphatic carbocycles. The highest BCUT2D eigenvalue weighted by atomic mass is 15.0. The second-order valence-electron chi connectivity index (χ2n) is 2.87. The third-order valence-corrected chi connectivity index (χ3v) is 1.58. The van der Waals surface area contributed by atoms with E-state index in [4.69, 9.17) is 24.1 Å². The fraction of sp³-hybridized carbons (Fsp3) is 0.750. The molecule has 0 rings (SSSR count). The predicted molar refractivity (Wildman–Crippen MR) is 54.8 cm³/mol. The van der Waals surface area contributed by atoms with Gasteiger partial charge in [0.1, 0.15) is 0 Å². The lowest BCUT2D eigenvalue weighted by Crippen LogP contribution is -2.27. The van der Waals surface area contributed by atoms with Gasteiger partial charge in [-0.1, -0.05) is 0 Å². The van der Waals surface area contributed by atoms with Crippen LogP contribution in [-0.2, 0) is 0 Å². The summed E-state index contributed by atoms with van der Waals surface area (Å²) >= 11 is 0. The number of aliphatic imine (C=N–C) groups is 1. The van der Waals surface area contributed by atoms with Crippen LogP contribution < -0.4 is 22.5 Å². The third kappa shape index (κ3) is 9.10. The summed E-state index contributed by atoms with van der Waals surface area (Å²) in [5.41, 5.74) is 15.6. The summed E-state index contributed by atoms with van der Waals surface area (Å²) in [6.07, 6.45) is 1.79. The summed E-state index contributed by atoms with van der Waals surface area (Å²) < 4.78 is 0. The van der Waals surface area contributed by atoms with Gasteiger partial charge in [-0.3, -0.25) is 4.99 Å². The van der Waals surface area contributed by atoms with Crippen molar-refractivity contribution in [2.75, 3.05) is 19.8 Å². The molecule has 0 amide bonds. The van der Waals surface area contributed by atoms with Crippen LogP contribution >= 0.6 is 0 Å². The Morgan fingerprint density at radius 3 is 2.69 bits per heavy atom. The highest BCUT2D eigenvalue weighted by Crippen LogP contribution is 2.02. The largest absolute Gasteiger partial charge is 0.370 e. The molecule has 0 aromatic carbocycles. The van der Waals surface area contributed by atoms with Gasteiger partial charge in [0, 0.05) is 13.2 Å². The molecule has 13 heavy (non-hydrogen) atoms. The summed E-state index contributed by atoms with van der Waals surface area (Å²) in [5, 5.41) is 2.97. The van der Waals surface area contributed by atoms with E-state index in [1.54, 1.807) is 0 Å². The maximum absolute atomic E-state index is 5.75. The minimum Gasteiger partial charge on any atom is -0.370 e. The van der Waals surface area contributed by atoms with Gasteiger partial charge in [0.2, 0.25) is 0 Å². The molecule has 0 saturated heterocycles. The molecule has 0 aromatic rings. The van der Waals surface area contributed by atoms with Crippen LogP contribution in [0.3, 0.4) is 0 Å². The van der Waals surface area contributed by atoms with Crippen LogP contribution in [0.4, 0.5) is 0 Å². The monoisotopic (exact) mass is 185 g/mol. The Bertz CT molecular complexity index is 141. The molecule has 7 N–H and O–H groups in total. The van der Waals surface area contributed by atoms with Gasteiger partial charge >= 0.3 is 0 Å². The molecular weight excluding hydrogens is 166 g/mol. The molecule has 0 heterocycles. The quantitative estimate of drug-likeness (QED) is 0.174. The Balaban J connectivity index is 3.26. The van der Waals surface area contributed by atoms with Gasteiger partial charge in [-0.15, -0.1) is 0 Å². The van der Waals surface area contributed by atoms with Crippen LogP contribution in [0.5, 0.6) is 0 Å². The lowest BCUT2D eigenvalue weighted by atomic mass is 10.1. The summed E-state index contributed by atoms with van der Waals surface area (Å²) in [5.74, 6) is 0.256. The molecule has 5 nitrogen and oxygen atoms in total. The number of nitrogens with zero attached hydrogens (tertiary/aromatic N) is 1. The van der Waals surface area contributed by atoms with Gasteiger partial charge in [0.25, 0.3) is 0 Å². The first-order valence-electron chi connectivity index (χ1n) is 4.38. The minimum atomic E-state index is 0.123. The molecule has 0 saturated carbocycles. The van der Waals surface area contributed by atoms with E-state index in [0.717, 1.165) is 19.4 Å². The summed E-state index contributed by atoms with van der Waals surface area (Å²) in [4.78, 5) is 3.85. The van der Waals surface area contributed by atoms with Crippen LogP contribution in [0.2, 0.25) is 0 Å². The molecule has 2 radical (unpaired) electrons. The topological polar surface area (TPSA) is 102 Å². The Hall–Kier alpha value is -0.810. The Morgan fingerprint density at radius 2 is 2.15 bits per heavy atom. The van der Waals surface area contributed by atoms with E-state index < -0.39 is 0 Å². The van der Waals surface area contributed by atoms with Crippen molar-refractivity contribution in [3.63, 3.8) is 0 Å². The van der Waals surface area contributed by atoms with Crippen molar-refractivity contribution in [3.05, 3.63) is 6.92 Å². The fourth-order valence-corrected chi connectivity index (χ4v) is 0.932. The van der Waals surface area contributed by atoms with Crippen molar-refractivity contribution >= 4 is 5.96 Å².